The highest BCUT2D eigenvalue weighted by Gasteiger charge is 2.29. The molecule has 10 heteroatoms. The van der Waals surface area contributed by atoms with Gasteiger partial charge in [0, 0.05) is 30.4 Å². The summed E-state index contributed by atoms with van der Waals surface area (Å²) in [6.07, 6.45) is 0.424. The number of carbonyl (C=O) groups excluding carboxylic acids is 1. The van der Waals surface area contributed by atoms with Gasteiger partial charge >= 0.3 is 0 Å². The van der Waals surface area contributed by atoms with Gasteiger partial charge in [-0.2, -0.15) is 13.5 Å². The lowest BCUT2D eigenvalue weighted by Gasteiger charge is -2.30. The standard InChI is InChI=1S/C28H26F3N5O.H2S/c1-17-2-4-18(5-3-17)14-24(32)28(37)35-12-13-36-25(16-35)34-26(19-6-8-20(29)9-7-19)27(36)33-21-10-11-22(30)23(31)15-21;/h2-11,15,24,33H,12-14,16,32H2,1H3;1H2/t24-;/m0./s1. The van der Waals surface area contributed by atoms with E-state index in [2.05, 4.69) is 5.32 Å². The van der Waals surface area contributed by atoms with Gasteiger partial charge in [-0.3, -0.25) is 4.79 Å². The van der Waals surface area contributed by atoms with E-state index in [-0.39, 0.29) is 31.8 Å². The molecule has 3 N–H and O–H groups in total. The number of hydrogen-bond acceptors (Lipinski definition) is 4. The highest BCUT2D eigenvalue weighted by molar-refractivity contribution is 7.59. The van der Waals surface area contributed by atoms with Crippen molar-refractivity contribution in [3.63, 3.8) is 0 Å². The lowest BCUT2D eigenvalue weighted by Crippen LogP contribution is -2.47. The Kier molecular flexibility index (Phi) is 8.13. The second kappa shape index (κ2) is 11.3. The maximum atomic E-state index is 13.9. The van der Waals surface area contributed by atoms with Gasteiger partial charge in [0.2, 0.25) is 5.91 Å². The highest BCUT2D eigenvalue weighted by Crippen LogP contribution is 2.33. The molecule has 0 aliphatic carbocycles. The third-order valence-electron chi connectivity index (χ3n) is 6.48. The number of benzene rings is 3. The van der Waals surface area contributed by atoms with Gasteiger partial charge in [-0.05, 0) is 55.3 Å². The number of nitrogens with zero attached hydrogens (tertiary/aromatic N) is 3. The summed E-state index contributed by atoms with van der Waals surface area (Å²) in [5.74, 6) is -1.34. The molecular formula is C28H28F3N5OS. The number of fused-ring (bicyclic) bond motifs is 1. The minimum atomic E-state index is -0.981. The normalized spacial score (nSPS) is 13.4. The van der Waals surface area contributed by atoms with Gasteiger partial charge in [0.15, 0.2) is 11.6 Å². The van der Waals surface area contributed by atoms with E-state index in [4.69, 9.17) is 10.7 Å². The van der Waals surface area contributed by atoms with E-state index in [1.165, 1.54) is 18.2 Å². The lowest BCUT2D eigenvalue weighted by molar-refractivity contribution is -0.134. The van der Waals surface area contributed by atoms with Gasteiger partial charge in [-0.25, -0.2) is 18.2 Å². The number of amides is 1. The molecule has 0 saturated heterocycles. The molecule has 0 fully saturated rings. The van der Waals surface area contributed by atoms with E-state index < -0.39 is 17.7 Å². The van der Waals surface area contributed by atoms with Crippen molar-refractivity contribution in [1.82, 2.24) is 14.5 Å². The number of rotatable bonds is 6. The summed E-state index contributed by atoms with van der Waals surface area (Å²) in [6.45, 7) is 3.05. The van der Waals surface area contributed by atoms with Crippen LogP contribution >= 0.6 is 13.5 Å². The monoisotopic (exact) mass is 539 g/mol. The zero-order valence-corrected chi connectivity index (χ0v) is 21.7. The molecule has 2 heterocycles. The predicted molar refractivity (Wildman–Crippen MR) is 146 cm³/mol. The molecule has 1 amide bonds. The van der Waals surface area contributed by atoms with Crippen LogP contribution in [0.2, 0.25) is 0 Å². The third-order valence-corrected chi connectivity index (χ3v) is 6.48. The largest absolute Gasteiger partial charge is 0.340 e. The minimum Gasteiger partial charge on any atom is -0.340 e. The highest BCUT2D eigenvalue weighted by atomic mass is 32.1. The van der Waals surface area contributed by atoms with E-state index in [1.54, 1.807) is 17.0 Å². The SMILES string of the molecule is Cc1ccc(C[C@H](N)C(=O)N2CCn3c(nc(-c4ccc(F)cc4)c3Nc3ccc(F)c(F)c3)C2)cc1.S. The number of anilines is 2. The fraction of sp³-hybridized carbons (Fsp3) is 0.214. The fourth-order valence-corrected chi connectivity index (χ4v) is 4.47. The van der Waals surface area contributed by atoms with Crippen molar-refractivity contribution in [3.05, 3.63) is 101 Å². The van der Waals surface area contributed by atoms with E-state index in [0.717, 1.165) is 23.3 Å². The molecule has 5 rings (SSSR count). The van der Waals surface area contributed by atoms with Crippen LogP contribution in [0.1, 0.15) is 17.0 Å². The molecule has 6 nitrogen and oxygen atoms in total. The van der Waals surface area contributed by atoms with Crippen molar-refractivity contribution in [1.29, 1.82) is 0 Å². The number of imidazole rings is 1. The van der Waals surface area contributed by atoms with Gasteiger partial charge in [0.05, 0.1) is 12.6 Å². The van der Waals surface area contributed by atoms with Gasteiger partial charge in [0.25, 0.3) is 0 Å². The van der Waals surface area contributed by atoms with Gasteiger partial charge in [0.1, 0.15) is 23.2 Å². The number of halogens is 3. The molecule has 1 aliphatic heterocycles. The summed E-state index contributed by atoms with van der Waals surface area (Å²) in [4.78, 5) is 19.6. The number of nitrogens with one attached hydrogen (secondary N) is 1. The molecule has 0 bridgehead atoms. The zero-order chi connectivity index (χ0) is 26.1. The van der Waals surface area contributed by atoms with Gasteiger partial charge in [-0.15, -0.1) is 0 Å². The Morgan fingerprint density at radius 2 is 1.71 bits per heavy atom. The van der Waals surface area contributed by atoms with Gasteiger partial charge in [-0.1, -0.05) is 29.8 Å². The Morgan fingerprint density at radius 1 is 1.00 bits per heavy atom. The average molecular weight is 540 g/mol. The topological polar surface area (TPSA) is 76.2 Å². The van der Waals surface area contributed by atoms with Crippen molar-refractivity contribution in [2.75, 3.05) is 11.9 Å². The van der Waals surface area contributed by atoms with Crippen molar-refractivity contribution >= 4 is 30.9 Å². The summed E-state index contributed by atoms with van der Waals surface area (Å²) < 4.78 is 42.8. The second-order valence-electron chi connectivity index (χ2n) is 9.19. The Hall–Kier alpha value is -3.76. The zero-order valence-electron chi connectivity index (χ0n) is 20.7. The fourth-order valence-electron chi connectivity index (χ4n) is 4.47. The molecule has 0 spiro atoms. The number of hydrogen-bond donors (Lipinski definition) is 2. The van der Waals surface area contributed by atoms with Crippen LogP contribution in [0.15, 0.2) is 66.7 Å². The van der Waals surface area contributed by atoms with Crippen molar-refractivity contribution in [2.24, 2.45) is 5.73 Å². The van der Waals surface area contributed by atoms with Crippen LogP contribution in [0.25, 0.3) is 11.3 Å². The van der Waals surface area contributed by atoms with Crippen LogP contribution in [-0.2, 0) is 24.3 Å². The summed E-state index contributed by atoms with van der Waals surface area (Å²) in [7, 11) is 0. The first-order valence-corrected chi connectivity index (χ1v) is 12.0. The Balaban J connectivity index is 0.00000336. The number of carbonyl (C=O) groups is 1. The van der Waals surface area contributed by atoms with E-state index in [1.807, 2.05) is 35.8 Å². The Bertz CT molecular complexity index is 1440. The average Bonchev–Trinajstić information content (AvgIpc) is 3.25. The van der Waals surface area contributed by atoms with Crippen LogP contribution < -0.4 is 11.1 Å². The van der Waals surface area contributed by atoms with Crippen LogP contribution in [0.4, 0.5) is 24.7 Å². The molecule has 0 saturated carbocycles. The summed E-state index contributed by atoms with van der Waals surface area (Å²) in [5, 5.41) is 3.14. The minimum absolute atomic E-state index is 0. The molecule has 1 aliphatic rings. The molecule has 3 aromatic carbocycles. The molecule has 1 atom stereocenters. The third kappa shape index (κ3) is 5.71. The van der Waals surface area contributed by atoms with E-state index in [9.17, 15) is 18.0 Å². The molecule has 1 aromatic heterocycles. The first-order chi connectivity index (χ1) is 17.8. The van der Waals surface area contributed by atoms with Crippen LogP contribution in [-0.4, -0.2) is 32.9 Å². The molecule has 4 aromatic rings. The quantitative estimate of drug-likeness (QED) is 0.360. The number of aromatic nitrogens is 2. The Labute approximate surface area is 225 Å². The van der Waals surface area contributed by atoms with Crippen LogP contribution in [0.3, 0.4) is 0 Å². The van der Waals surface area contributed by atoms with Crippen molar-refractivity contribution < 1.29 is 18.0 Å². The first-order valence-electron chi connectivity index (χ1n) is 12.0. The molecule has 198 valence electrons. The van der Waals surface area contributed by atoms with Crippen molar-refractivity contribution in [2.45, 2.75) is 32.5 Å². The predicted octanol–water partition coefficient (Wildman–Crippen LogP) is 5.04. The summed E-state index contributed by atoms with van der Waals surface area (Å²) in [5.41, 5.74) is 9.89. The van der Waals surface area contributed by atoms with Crippen molar-refractivity contribution in [3.8, 4) is 11.3 Å². The molecule has 0 unspecified atom stereocenters. The smallest absolute Gasteiger partial charge is 0.240 e. The van der Waals surface area contributed by atoms with E-state index >= 15 is 0 Å². The molecule has 0 radical (unpaired) electrons. The molecule has 38 heavy (non-hydrogen) atoms. The second-order valence-corrected chi connectivity index (χ2v) is 9.19. The number of aryl methyl sites for hydroxylation is 1. The first kappa shape index (κ1) is 27.3. The van der Waals surface area contributed by atoms with Gasteiger partial charge < -0.3 is 20.5 Å². The lowest BCUT2D eigenvalue weighted by atomic mass is 10.0. The Morgan fingerprint density at radius 3 is 2.39 bits per heavy atom. The summed E-state index contributed by atoms with van der Waals surface area (Å²) >= 11 is 0. The maximum absolute atomic E-state index is 13.9. The summed E-state index contributed by atoms with van der Waals surface area (Å²) in [6, 6.07) is 16.6. The maximum Gasteiger partial charge on any atom is 0.240 e. The van der Waals surface area contributed by atoms with E-state index in [0.29, 0.717) is 48.1 Å². The van der Waals surface area contributed by atoms with Crippen LogP contribution in [0, 0.1) is 24.4 Å². The molecular weight excluding hydrogens is 511 g/mol. The number of nitrogens with two attached hydrogens (primary N) is 1. The van der Waals surface area contributed by atoms with Crippen LogP contribution in [0.5, 0.6) is 0 Å².